The summed E-state index contributed by atoms with van der Waals surface area (Å²) < 4.78 is 33.1. The molecule has 0 saturated carbocycles. The molecular weight excluding hydrogens is 647 g/mol. The highest BCUT2D eigenvalue weighted by Gasteiger charge is 2.32. The molecule has 278 valence electrons. The van der Waals surface area contributed by atoms with Gasteiger partial charge in [0, 0.05) is 32.1 Å². The summed E-state index contributed by atoms with van der Waals surface area (Å²) in [5.41, 5.74) is 0. The minimum atomic E-state index is -4.74. The maximum absolute atomic E-state index is 12.5. The number of nitrogens with zero attached hydrogens (tertiary/aromatic N) is 2. The van der Waals surface area contributed by atoms with Crippen LogP contribution in [0.5, 0.6) is 0 Å². The van der Waals surface area contributed by atoms with E-state index < -0.39 is 56.9 Å². The van der Waals surface area contributed by atoms with Crippen LogP contribution in [0.2, 0.25) is 0 Å². The van der Waals surface area contributed by atoms with Gasteiger partial charge >= 0.3 is 17.9 Å². The Morgan fingerprint density at radius 2 is 1.23 bits per heavy atom. The topological polar surface area (TPSA) is 175 Å². The molecule has 2 amide bonds. The van der Waals surface area contributed by atoms with E-state index in [2.05, 4.69) is 6.92 Å². The number of amides is 2. The number of ether oxygens (including phenoxy) is 2. The number of carbonyl (C=O) groups is 5. The fourth-order valence-corrected chi connectivity index (χ4v) is 5.46. The second-order valence-electron chi connectivity index (χ2n) is 13.3. The lowest BCUT2D eigenvalue weighted by molar-refractivity contribution is -0.870. The third kappa shape index (κ3) is 23.1. The largest absolute Gasteiger partial charge is 0.756 e. The molecule has 1 fully saturated rings. The first-order valence-electron chi connectivity index (χ1n) is 17.5. The van der Waals surface area contributed by atoms with Gasteiger partial charge in [0.25, 0.3) is 19.6 Å². The summed E-state index contributed by atoms with van der Waals surface area (Å²) >= 11 is 0. The molecule has 0 aliphatic carbocycles. The Balaban J connectivity index is 2.42. The van der Waals surface area contributed by atoms with Crippen LogP contribution >= 0.6 is 7.82 Å². The summed E-state index contributed by atoms with van der Waals surface area (Å²) in [6, 6.07) is 0. The van der Waals surface area contributed by atoms with E-state index in [4.69, 9.17) is 23.4 Å². The fraction of sp³-hybridized carbons (Fsp3) is 0.848. The number of likely N-dealkylation sites (N-methyl/N-ethyl adjacent to an activating group) is 1. The minimum absolute atomic E-state index is 0.0332. The molecule has 2 atom stereocenters. The molecule has 1 rings (SSSR count). The lowest BCUT2D eigenvalue weighted by Crippen LogP contribution is -2.37. The number of hydrogen-bond donors (Lipinski definition) is 0. The minimum Gasteiger partial charge on any atom is -0.756 e. The zero-order chi connectivity index (χ0) is 35.8. The number of phosphoric ester groups is 1. The zero-order valence-electron chi connectivity index (χ0n) is 29.6. The number of hydroxylamine groups is 2. The average Bonchev–Trinajstić information content (AvgIpc) is 3.32. The van der Waals surface area contributed by atoms with Crippen LogP contribution in [0.3, 0.4) is 0 Å². The maximum Gasteiger partial charge on any atom is 0.333 e. The van der Waals surface area contributed by atoms with Gasteiger partial charge in [0.1, 0.15) is 19.8 Å². The molecular formula is C33H59N2O12P. The SMILES string of the molecule is CCCCCCCCCCCCCCCC(=O)OCC(COP(=O)([O-])OCC[N+](C)(C)C)OC(=O)CCCC(=O)ON1C(=O)CCC1=O. The summed E-state index contributed by atoms with van der Waals surface area (Å²) in [5, 5.41) is 0.421. The van der Waals surface area contributed by atoms with Crippen molar-refractivity contribution in [3.8, 4) is 0 Å². The lowest BCUT2D eigenvalue weighted by Gasteiger charge is -2.28. The van der Waals surface area contributed by atoms with E-state index in [-0.39, 0.29) is 45.1 Å². The predicted octanol–water partition coefficient (Wildman–Crippen LogP) is 4.91. The van der Waals surface area contributed by atoms with Gasteiger partial charge in [0.15, 0.2) is 6.10 Å². The molecule has 0 spiro atoms. The molecule has 14 nitrogen and oxygen atoms in total. The Kier molecular flexibility index (Phi) is 22.5. The molecule has 2 unspecified atom stereocenters. The van der Waals surface area contributed by atoms with E-state index in [9.17, 15) is 33.4 Å². The van der Waals surface area contributed by atoms with Crippen LogP contribution in [-0.2, 0) is 51.9 Å². The average molecular weight is 707 g/mol. The molecule has 0 aromatic carbocycles. The van der Waals surface area contributed by atoms with E-state index in [0.717, 1.165) is 19.3 Å². The normalized spacial score (nSPS) is 15.3. The van der Waals surface area contributed by atoms with E-state index in [0.29, 0.717) is 22.5 Å². The van der Waals surface area contributed by atoms with Crippen molar-refractivity contribution in [2.45, 2.75) is 135 Å². The molecule has 0 bridgehead atoms. The summed E-state index contributed by atoms with van der Waals surface area (Å²) in [4.78, 5) is 77.0. The van der Waals surface area contributed by atoms with Gasteiger partial charge in [0.05, 0.1) is 27.7 Å². The Morgan fingerprint density at radius 3 is 1.77 bits per heavy atom. The van der Waals surface area contributed by atoms with Gasteiger partial charge < -0.3 is 32.7 Å². The third-order valence-corrected chi connectivity index (χ3v) is 8.57. The fourth-order valence-electron chi connectivity index (χ4n) is 4.73. The lowest BCUT2D eigenvalue weighted by atomic mass is 10.0. The van der Waals surface area contributed by atoms with Gasteiger partial charge in [-0.1, -0.05) is 84.0 Å². The van der Waals surface area contributed by atoms with Gasteiger partial charge in [-0.2, -0.15) is 0 Å². The van der Waals surface area contributed by atoms with Gasteiger partial charge in [-0.05, 0) is 12.8 Å². The summed E-state index contributed by atoms with van der Waals surface area (Å²) in [7, 11) is 0.865. The Hall–Kier alpha value is -2.38. The number of carbonyl (C=O) groups excluding carboxylic acids is 5. The highest BCUT2D eigenvalue weighted by Crippen LogP contribution is 2.38. The van der Waals surface area contributed by atoms with E-state index in [1.807, 2.05) is 21.1 Å². The van der Waals surface area contributed by atoms with Crippen LogP contribution in [0.1, 0.15) is 129 Å². The molecule has 0 aromatic heterocycles. The molecule has 48 heavy (non-hydrogen) atoms. The Labute approximate surface area is 286 Å². The first-order valence-corrected chi connectivity index (χ1v) is 19.0. The van der Waals surface area contributed by atoms with Crippen molar-refractivity contribution >= 4 is 37.5 Å². The number of imide groups is 1. The van der Waals surface area contributed by atoms with E-state index in [1.54, 1.807) is 0 Å². The number of unbranched alkanes of at least 4 members (excludes halogenated alkanes) is 12. The van der Waals surface area contributed by atoms with Crippen LogP contribution in [0.15, 0.2) is 0 Å². The van der Waals surface area contributed by atoms with Crippen molar-refractivity contribution in [2.24, 2.45) is 0 Å². The summed E-state index contributed by atoms with van der Waals surface area (Å²) in [5.74, 6) is -3.40. The van der Waals surface area contributed by atoms with Crippen molar-refractivity contribution in [2.75, 3.05) is 47.5 Å². The molecule has 1 aliphatic rings. The maximum atomic E-state index is 12.5. The monoisotopic (exact) mass is 706 g/mol. The van der Waals surface area contributed by atoms with Crippen LogP contribution in [0.25, 0.3) is 0 Å². The smallest absolute Gasteiger partial charge is 0.333 e. The van der Waals surface area contributed by atoms with Crippen LogP contribution in [0.4, 0.5) is 0 Å². The van der Waals surface area contributed by atoms with E-state index >= 15 is 0 Å². The molecule has 1 saturated heterocycles. The van der Waals surface area contributed by atoms with Crippen LogP contribution in [-0.4, -0.2) is 92.9 Å². The van der Waals surface area contributed by atoms with Crippen molar-refractivity contribution in [1.29, 1.82) is 0 Å². The summed E-state index contributed by atoms with van der Waals surface area (Å²) in [6.07, 6.45) is 13.5. The molecule has 0 radical (unpaired) electrons. The number of esters is 2. The van der Waals surface area contributed by atoms with E-state index in [1.165, 1.54) is 57.8 Å². The van der Waals surface area contributed by atoms with Gasteiger partial charge in [-0.3, -0.25) is 23.7 Å². The molecule has 0 aromatic rings. The number of quaternary nitrogens is 1. The molecule has 0 N–H and O–H groups in total. The van der Waals surface area contributed by atoms with Gasteiger partial charge in [0.2, 0.25) is 0 Å². The van der Waals surface area contributed by atoms with Crippen molar-refractivity contribution in [3.63, 3.8) is 0 Å². The third-order valence-electron chi connectivity index (χ3n) is 7.60. The standard InChI is InChI=1S/C33H59N2O12P/c1-5-6-7-8-9-10-11-12-13-14-15-16-17-19-31(38)43-26-28(27-45-48(41,42)44-25-24-35(2,3)4)46-32(39)20-18-21-33(40)47-34-29(36)22-23-30(34)37/h28H,5-27H2,1-4H3. The van der Waals surface area contributed by atoms with Gasteiger partial charge in [-0.25, -0.2) is 4.79 Å². The Bertz CT molecular complexity index is 1020. The first kappa shape index (κ1) is 43.6. The highest BCUT2D eigenvalue weighted by molar-refractivity contribution is 7.45. The van der Waals surface area contributed by atoms with Crippen LogP contribution in [0, 0.1) is 0 Å². The van der Waals surface area contributed by atoms with Crippen LogP contribution < -0.4 is 4.89 Å². The van der Waals surface area contributed by atoms with Crippen molar-refractivity contribution in [3.05, 3.63) is 0 Å². The first-order chi connectivity index (χ1) is 22.7. The number of rotatable bonds is 29. The molecule has 1 aliphatic heterocycles. The Morgan fingerprint density at radius 1 is 0.729 bits per heavy atom. The predicted molar refractivity (Wildman–Crippen MR) is 175 cm³/mol. The number of hydrogen-bond acceptors (Lipinski definition) is 12. The molecule has 1 heterocycles. The second-order valence-corrected chi connectivity index (χ2v) is 14.7. The van der Waals surface area contributed by atoms with Gasteiger partial charge in [-0.15, -0.1) is 5.06 Å². The quantitative estimate of drug-likeness (QED) is 0.0339. The summed E-state index contributed by atoms with van der Waals surface area (Å²) in [6.45, 7) is 1.44. The molecule has 15 heteroatoms. The highest BCUT2D eigenvalue weighted by atomic mass is 31.2. The zero-order valence-corrected chi connectivity index (χ0v) is 30.5. The van der Waals surface area contributed by atoms with Crippen molar-refractivity contribution in [1.82, 2.24) is 5.06 Å². The number of phosphoric acid groups is 1. The van der Waals surface area contributed by atoms with Crippen molar-refractivity contribution < 1.29 is 61.3 Å². The second kappa shape index (κ2) is 24.7.